The molecule has 12 heavy (non-hydrogen) atoms. The van der Waals surface area contributed by atoms with E-state index in [0.29, 0.717) is 0 Å². The molecule has 0 bridgehead atoms. The first-order chi connectivity index (χ1) is 5.45. The Kier molecular flexibility index (Phi) is 1.84. The lowest BCUT2D eigenvalue weighted by Gasteiger charge is -2.02. The smallest absolute Gasteiger partial charge is 0.355 e. The van der Waals surface area contributed by atoms with Crippen LogP contribution in [0.2, 0.25) is 0 Å². The first kappa shape index (κ1) is 8.65. The van der Waals surface area contributed by atoms with Crippen molar-refractivity contribution in [3.63, 3.8) is 0 Å². The molecule has 0 fully saturated rings. The molecule has 1 rings (SSSR count). The van der Waals surface area contributed by atoms with Gasteiger partial charge in [-0.25, -0.2) is 0 Å². The summed E-state index contributed by atoms with van der Waals surface area (Å²) in [4.78, 5) is 0. The molecule has 0 saturated carbocycles. The summed E-state index contributed by atoms with van der Waals surface area (Å²) in [6.45, 7) is 0. The van der Waals surface area contributed by atoms with Crippen LogP contribution in [0.4, 0.5) is 13.2 Å². The van der Waals surface area contributed by atoms with Gasteiger partial charge in [-0.15, -0.1) is 0 Å². The Balaban J connectivity index is 3.25. The highest BCUT2D eigenvalue weighted by atomic mass is 19.4. The lowest BCUT2D eigenvalue weighted by atomic mass is 10.2. The Morgan fingerprint density at radius 2 is 2.00 bits per heavy atom. The SMILES string of the molecule is Cn1cc(C#N)c(C(F)(F)F)c1. The normalized spacial score (nSPS) is 11.2. The van der Waals surface area contributed by atoms with Gasteiger partial charge in [0, 0.05) is 19.4 Å². The van der Waals surface area contributed by atoms with Crippen molar-refractivity contribution in [2.75, 3.05) is 0 Å². The zero-order valence-electron chi connectivity index (χ0n) is 6.18. The predicted molar refractivity (Wildman–Crippen MR) is 35.1 cm³/mol. The second kappa shape index (κ2) is 2.55. The van der Waals surface area contributed by atoms with E-state index in [2.05, 4.69) is 0 Å². The quantitative estimate of drug-likeness (QED) is 0.590. The molecule has 0 aromatic carbocycles. The molecule has 0 aliphatic heterocycles. The molecule has 1 aromatic rings. The van der Waals surface area contributed by atoms with Crippen LogP contribution in [0, 0.1) is 11.3 Å². The van der Waals surface area contributed by atoms with Gasteiger partial charge >= 0.3 is 6.18 Å². The van der Waals surface area contributed by atoms with Crippen LogP contribution in [0.15, 0.2) is 12.4 Å². The van der Waals surface area contributed by atoms with Crippen LogP contribution < -0.4 is 0 Å². The van der Waals surface area contributed by atoms with Crippen molar-refractivity contribution in [1.82, 2.24) is 4.57 Å². The molecule has 0 spiro atoms. The molecule has 1 heterocycles. The number of halogens is 3. The molecule has 5 heteroatoms. The number of nitrogens with zero attached hydrogens (tertiary/aromatic N) is 2. The average Bonchev–Trinajstić information content (AvgIpc) is 2.29. The van der Waals surface area contributed by atoms with E-state index < -0.39 is 11.7 Å². The summed E-state index contributed by atoms with van der Waals surface area (Å²) >= 11 is 0. The minimum absolute atomic E-state index is 0.343. The first-order valence-corrected chi connectivity index (χ1v) is 3.08. The molecule has 0 N–H and O–H groups in total. The van der Waals surface area contributed by atoms with Crippen molar-refractivity contribution in [2.24, 2.45) is 7.05 Å². The molecule has 2 nitrogen and oxygen atoms in total. The number of aromatic nitrogens is 1. The van der Waals surface area contributed by atoms with Crippen LogP contribution >= 0.6 is 0 Å². The maximum Gasteiger partial charge on any atom is 0.419 e. The van der Waals surface area contributed by atoms with E-state index in [-0.39, 0.29) is 5.56 Å². The Hall–Kier alpha value is -1.44. The van der Waals surface area contributed by atoms with Crippen molar-refractivity contribution in [3.8, 4) is 6.07 Å². The van der Waals surface area contributed by atoms with Gasteiger partial charge in [-0.2, -0.15) is 18.4 Å². The topological polar surface area (TPSA) is 28.7 Å². The van der Waals surface area contributed by atoms with E-state index in [9.17, 15) is 13.2 Å². The highest BCUT2D eigenvalue weighted by molar-refractivity contribution is 5.37. The van der Waals surface area contributed by atoms with Crippen LogP contribution in [0.3, 0.4) is 0 Å². The van der Waals surface area contributed by atoms with Gasteiger partial charge in [0.15, 0.2) is 0 Å². The first-order valence-electron chi connectivity index (χ1n) is 3.08. The van der Waals surface area contributed by atoms with Gasteiger partial charge in [0.1, 0.15) is 6.07 Å². The fourth-order valence-electron chi connectivity index (χ4n) is 0.899. The summed E-state index contributed by atoms with van der Waals surface area (Å²) in [5.74, 6) is 0. The molecule has 64 valence electrons. The van der Waals surface area contributed by atoms with Gasteiger partial charge < -0.3 is 4.57 Å². The molecular weight excluding hydrogens is 169 g/mol. The summed E-state index contributed by atoms with van der Waals surface area (Å²) < 4.78 is 37.5. The molecule has 0 atom stereocenters. The Morgan fingerprint density at radius 3 is 2.33 bits per heavy atom. The Labute approximate surface area is 66.8 Å². The fraction of sp³-hybridized carbons (Fsp3) is 0.286. The molecule has 1 aromatic heterocycles. The third kappa shape index (κ3) is 1.42. The number of hydrogen-bond donors (Lipinski definition) is 0. The largest absolute Gasteiger partial charge is 0.419 e. The lowest BCUT2D eigenvalue weighted by Crippen LogP contribution is -2.05. The number of nitriles is 1. The van der Waals surface area contributed by atoms with Gasteiger partial charge in [0.25, 0.3) is 0 Å². The standard InChI is InChI=1S/C7H5F3N2/c1-12-3-5(2-11)6(4-12)7(8,9)10/h3-4H,1H3. The van der Waals surface area contributed by atoms with Crippen molar-refractivity contribution >= 4 is 0 Å². The van der Waals surface area contributed by atoms with Crippen LogP contribution in [0.25, 0.3) is 0 Å². The summed E-state index contributed by atoms with van der Waals surface area (Å²) in [6, 6.07) is 1.48. The third-order valence-electron chi connectivity index (χ3n) is 1.38. The van der Waals surface area contributed by atoms with E-state index in [1.54, 1.807) is 0 Å². The number of hydrogen-bond acceptors (Lipinski definition) is 1. The highest BCUT2D eigenvalue weighted by Gasteiger charge is 2.34. The van der Waals surface area contributed by atoms with E-state index in [0.717, 1.165) is 12.4 Å². The van der Waals surface area contributed by atoms with E-state index in [1.807, 2.05) is 0 Å². The van der Waals surface area contributed by atoms with E-state index in [4.69, 9.17) is 5.26 Å². The molecular formula is C7H5F3N2. The molecule has 0 amide bonds. The zero-order valence-corrected chi connectivity index (χ0v) is 6.18. The zero-order chi connectivity index (χ0) is 9.35. The van der Waals surface area contributed by atoms with E-state index in [1.165, 1.54) is 17.7 Å². The molecule has 0 aliphatic carbocycles. The lowest BCUT2D eigenvalue weighted by molar-refractivity contribution is -0.137. The highest BCUT2D eigenvalue weighted by Crippen LogP contribution is 2.31. The maximum absolute atomic E-state index is 12.1. The van der Waals surface area contributed by atoms with Crippen molar-refractivity contribution in [1.29, 1.82) is 5.26 Å². The van der Waals surface area contributed by atoms with Crippen LogP contribution in [0.1, 0.15) is 11.1 Å². The maximum atomic E-state index is 12.1. The van der Waals surface area contributed by atoms with Crippen LogP contribution in [0.5, 0.6) is 0 Å². The van der Waals surface area contributed by atoms with Crippen molar-refractivity contribution in [3.05, 3.63) is 23.5 Å². The summed E-state index contributed by atoms with van der Waals surface area (Å²) in [5.41, 5.74) is -1.22. The van der Waals surface area contributed by atoms with Crippen LogP contribution in [-0.2, 0) is 13.2 Å². The Bertz CT molecular complexity index is 329. The molecule has 0 aliphatic rings. The fourth-order valence-corrected chi connectivity index (χ4v) is 0.899. The molecule has 0 saturated heterocycles. The summed E-state index contributed by atoms with van der Waals surface area (Å²) in [6.07, 6.45) is -2.41. The van der Waals surface area contributed by atoms with Crippen molar-refractivity contribution in [2.45, 2.75) is 6.18 Å². The average molecular weight is 174 g/mol. The van der Waals surface area contributed by atoms with Crippen molar-refractivity contribution < 1.29 is 13.2 Å². The summed E-state index contributed by atoms with van der Waals surface area (Å²) in [7, 11) is 1.44. The minimum atomic E-state index is -4.44. The molecule has 0 radical (unpaired) electrons. The van der Waals surface area contributed by atoms with Gasteiger partial charge in [-0.1, -0.05) is 0 Å². The Morgan fingerprint density at radius 1 is 1.42 bits per heavy atom. The number of rotatable bonds is 0. The predicted octanol–water partition coefficient (Wildman–Crippen LogP) is 1.92. The monoisotopic (exact) mass is 174 g/mol. The van der Waals surface area contributed by atoms with Gasteiger partial charge in [0.05, 0.1) is 11.1 Å². The van der Waals surface area contributed by atoms with Gasteiger partial charge in [-0.3, -0.25) is 0 Å². The number of alkyl halides is 3. The third-order valence-corrected chi connectivity index (χ3v) is 1.38. The van der Waals surface area contributed by atoms with Gasteiger partial charge in [-0.05, 0) is 0 Å². The van der Waals surface area contributed by atoms with Crippen LogP contribution in [-0.4, -0.2) is 4.57 Å². The number of aryl methyl sites for hydroxylation is 1. The van der Waals surface area contributed by atoms with Gasteiger partial charge in [0.2, 0.25) is 0 Å². The van der Waals surface area contributed by atoms with E-state index >= 15 is 0 Å². The summed E-state index contributed by atoms with van der Waals surface area (Å²) in [5, 5.41) is 8.33. The molecule has 0 unspecified atom stereocenters. The second-order valence-corrected chi connectivity index (χ2v) is 2.36. The minimum Gasteiger partial charge on any atom is -0.355 e. The second-order valence-electron chi connectivity index (χ2n) is 2.36.